The molecule has 2 aromatic carbocycles. The molecular formula is C22H16ClNO4S2. The molecule has 4 rings (SSSR count). The zero-order valence-electron chi connectivity index (χ0n) is 15.6. The Morgan fingerprint density at radius 3 is 2.57 bits per heavy atom. The number of rotatable bonds is 7. The fourth-order valence-electron chi connectivity index (χ4n) is 2.68. The number of ether oxygens (including phenoxy) is 1. The van der Waals surface area contributed by atoms with Crippen LogP contribution in [0, 0.1) is 0 Å². The van der Waals surface area contributed by atoms with Gasteiger partial charge in [0.05, 0.1) is 11.4 Å². The lowest BCUT2D eigenvalue weighted by atomic mass is 10.3. The second-order valence-corrected chi connectivity index (χ2v) is 8.72. The summed E-state index contributed by atoms with van der Waals surface area (Å²) in [6, 6.07) is 20.3. The lowest BCUT2D eigenvalue weighted by Gasteiger charge is -2.13. The van der Waals surface area contributed by atoms with E-state index in [1.54, 1.807) is 12.1 Å². The number of halogens is 1. The zero-order chi connectivity index (χ0) is 20.9. The lowest BCUT2D eigenvalue weighted by molar-refractivity contribution is -0.123. The number of carbonyl (C=O) groups excluding carboxylic acids is 2. The highest BCUT2D eigenvalue weighted by atomic mass is 35.5. The normalized spacial score (nSPS) is 15.2. The van der Waals surface area contributed by atoms with Crippen LogP contribution in [-0.2, 0) is 4.79 Å². The Balaban J connectivity index is 1.37. The van der Waals surface area contributed by atoms with Crippen LogP contribution in [0.25, 0.3) is 6.08 Å². The highest BCUT2D eigenvalue weighted by Gasteiger charge is 2.35. The van der Waals surface area contributed by atoms with Gasteiger partial charge in [-0.05, 0) is 60.3 Å². The lowest BCUT2D eigenvalue weighted by Crippen LogP contribution is -2.32. The molecule has 8 heteroatoms. The van der Waals surface area contributed by atoms with Crippen molar-refractivity contribution in [2.24, 2.45) is 0 Å². The Morgan fingerprint density at radius 1 is 1.03 bits per heavy atom. The molecule has 1 saturated heterocycles. The maximum atomic E-state index is 12.6. The second kappa shape index (κ2) is 9.47. The van der Waals surface area contributed by atoms with E-state index >= 15 is 0 Å². The van der Waals surface area contributed by atoms with Gasteiger partial charge in [0.1, 0.15) is 18.1 Å². The molecule has 0 N–H and O–H groups in total. The van der Waals surface area contributed by atoms with E-state index < -0.39 is 0 Å². The van der Waals surface area contributed by atoms with Crippen LogP contribution in [0.3, 0.4) is 0 Å². The molecule has 5 nitrogen and oxygen atoms in total. The van der Waals surface area contributed by atoms with Crippen LogP contribution < -0.4 is 4.74 Å². The van der Waals surface area contributed by atoms with Gasteiger partial charge in [0, 0.05) is 16.0 Å². The summed E-state index contributed by atoms with van der Waals surface area (Å²) >= 11 is 8.24. The summed E-state index contributed by atoms with van der Waals surface area (Å²) in [5.41, 5.74) is 0. The van der Waals surface area contributed by atoms with Gasteiger partial charge in [0.2, 0.25) is 0 Å². The Hall–Kier alpha value is -2.61. The second-order valence-electron chi connectivity index (χ2n) is 6.21. The third-order valence-corrected chi connectivity index (χ3v) is 6.20. The Bertz CT molecular complexity index is 1080. The molecule has 0 spiro atoms. The van der Waals surface area contributed by atoms with Crippen LogP contribution in [0.4, 0.5) is 4.79 Å². The molecular weight excluding hydrogens is 442 g/mol. The largest absolute Gasteiger partial charge is 0.492 e. The predicted molar refractivity (Wildman–Crippen MR) is 119 cm³/mol. The number of furan rings is 1. The molecule has 0 saturated carbocycles. The average molecular weight is 458 g/mol. The SMILES string of the molecule is O=C1S/C(=C\c2ccc(Sc3ccc(Cl)cc3)o2)C(=O)N1CCOc1ccccc1. The van der Waals surface area contributed by atoms with Gasteiger partial charge in [-0.2, -0.15) is 0 Å². The summed E-state index contributed by atoms with van der Waals surface area (Å²) in [4.78, 5) is 27.3. The van der Waals surface area contributed by atoms with Crippen LogP contribution in [0.1, 0.15) is 5.76 Å². The summed E-state index contributed by atoms with van der Waals surface area (Å²) in [6.45, 7) is 0.421. The summed E-state index contributed by atoms with van der Waals surface area (Å²) < 4.78 is 11.4. The van der Waals surface area contributed by atoms with Gasteiger partial charge in [-0.25, -0.2) is 0 Å². The van der Waals surface area contributed by atoms with Crippen molar-refractivity contribution in [3.8, 4) is 5.75 Å². The molecule has 152 valence electrons. The number of imide groups is 1. The van der Waals surface area contributed by atoms with E-state index in [1.165, 1.54) is 16.7 Å². The van der Waals surface area contributed by atoms with E-state index in [1.807, 2.05) is 60.7 Å². The van der Waals surface area contributed by atoms with E-state index in [0.717, 1.165) is 16.7 Å². The van der Waals surface area contributed by atoms with Crippen molar-refractivity contribution in [2.45, 2.75) is 9.99 Å². The van der Waals surface area contributed by atoms with Crippen LogP contribution >= 0.6 is 35.1 Å². The van der Waals surface area contributed by atoms with E-state index in [2.05, 4.69) is 0 Å². The summed E-state index contributed by atoms with van der Waals surface area (Å²) in [7, 11) is 0. The third-order valence-electron chi connectivity index (χ3n) is 4.11. The predicted octanol–water partition coefficient (Wildman–Crippen LogP) is 6.20. The van der Waals surface area contributed by atoms with Crippen LogP contribution in [-0.4, -0.2) is 29.2 Å². The molecule has 0 unspecified atom stereocenters. The highest BCUT2D eigenvalue weighted by molar-refractivity contribution is 8.18. The van der Waals surface area contributed by atoms with Crippen molar-refractivity contribution in [2.75, 3.05) is 13.2 Å². The Kier molecular flexibility index (Phi) is 6.52. The first-order valence-corrected chi connectivity index (χ1v) is 11.1. The molecule has 2 heterocycles. The summed E-state index contributed by atoms with van der Waals surface area (Å²) in [6.07, 6.45) is 1.59. The van der Waals surface area contributed by atoms with Crippen molar-refractivity contribution in [3.63, 3.8) is 0 Å². The molecule has 1 aromatic heterocycles. The minimum absolute atomic E-state index is 0.187. The minimum atomic E-state index is -0.343. The summed E-state index contributed by atoms with van der Waals surface area (Å²) in [5.74, 6) is 0.865. The van der Waals surface area contributed by atoms with Crippen molar-refractivity contribution < 1.29 is 18.7 Å². The third kappa shape index (κ3) is 5.11. The van der Waals surface area contributed by atoms with Crippen LogP contribution in [0.2, 0.25) is 5.02 Å². The number of carbonyl (C=O) groups is 2. The number of benzene rings is 2. The molecule has 1 fully saturated rings. The number of amides is 2. The maximum Gasteiger partial charge on any atom is 0.293 e. The van der Waals surface area contributed by atoms with Crippen molar-refractivity contribution in [1.82, 2.24) is 4.90 Å². The van der Waals surface area contributed by atoms with Gasteiger partial charge in [0.15, 0.2) is 5.09 Å². The molecule has 0 bridgehead atoms. The van der Waals surface area contributed by atoms with Gasteiger partial charge in [0.25, 0.3) is 11.1 Å². The van der Waals surface area contributed by atoms with E-state index in [-0.39, 0.29) is 24.3 Å². The number of para-hydroxylation sites is 1. The molecule has 1 aliphatic heterocycles. The quantitative estimate of drug-likeness (QED) is 0.394. The maximum absolute atomic E-state index is 12.6. The molecule has 2 amide bonds. The average Bonchev–Trinajstić information content (AvgIpc) is 3.29. The standard InChI is InChI=1S/C22H16ClNO4S2/c23-15-6-9-18(10-7-15)29-20-11-8-17(28-20)14-19-21(25)24(22(26)30-19)12-13-27-16-4-2-1-3-5-16/h1-11,14H,12-13H2/b19-14-. The van der Waals surface area contributed by atoms with Crippen LogP contribution in [0.15, 0.2) is 86.0 Å². The number of hydrogen-bond acceptors (Lipinski definition) is 6. The smallest absolute Gasteiger partial charge is 0.293 e. The Labute approximate surface area is 187 Å². The molecule has 3 aromatic rings. The number of hydrogen-bond donors (Lipinski definition) is 0. The molecule has 1 aliphatic rings. The zero-order valence-corrected chi connectivity index (χ0v) is 18.0. The topological polar surface area (TPSA) is 59.8 Å². The highest BCUT2D eigenvalue weighted by Crippen LogP contribution is 2.34. The van der Waals surface area contributed by atoms with Crippen molar-refractivity contribution in [3.05, 3.63) is 82.4 Å². The van der Waals surface area contributed by atoms with Gasteiger partial charge in [-0.3, -0.25) is 14.5 Å². The van der Waals surface area contributed by atoms with Gasteiger partial charge >= 0.3 is 0 Å². The minimum Gasteiger partial charge on any atom is -0.492 e. The fourth-order valence-corrected chi connectivity index (χ4v) is 4.43. The van der Waals surface area contributed by atoms with Gasteiger partial charge in [-0.15, -0.1) is 0 Å². The van der Waals surface area contributed by atoms with E-state index in [9.17, 15) is 9.59 Å². The number of thioether (sulfide) groups is 1. The van der Waals surface area contributed by atoms with Gasteiger partial charge in [-0.1, -0.05) is 41.6 Å². The van der Waals surface area contributed by atoms with Crippen molar-refractivity contribution in [1.29, 1.82) is 0 Å². The molecule has 0 aliphatic carbocycles. The van der Waals surface area contributed by atoms with E-state index in [4.69, 9.17) is 20.8 Å². The first-order chi connectivity index (χ1) is 14.6. The molecule has 0 atom stereocenters. The first kappa shape index (κ1) is 20.7. The van der Waals surface area contributed by atoms with Crippen LogP contribution in [0.5, 0.6) is 5.75 Å². The van der Waals surface area contributed by atoms with E-state index in [0.29, 0.717) is 26.5 Å². The molecule has 0 radical (unpaired) electrons. The van der Waals surface area contributed by atoms with Crippen molar-refractivity contribution >= 4 is 52.3 Å². The molecule has 30 heavy (non-hydrogen) atoms. The summed E-state index contributed by atoms with van der Waals surface area (Å²) in [5, 5.41) is 1.04. The first-order valence-electron chi connectivity index (χ1n) is 9.05. The number of nitrogens with zero attached hydrogens (tertiary/aromatic N) is 1. The monoisotopic (exact) mass is 457 g/mol. The Morgan fingerprint density at radius 2 is 1.80 bits per heavy atom. The van der Waals surface area contributed by atoms with Gasteiger partial charge < -0.3 is 9.15 Å². The fraction of sp³-hybridized carbons (Fsp3) is 0.0909.